The number of H-pyrrole nitrogens is 1. The van der Waals surface area contributed by atoms with Crippen LogP contribution in [0.1, 0.15) is 34.7 Å². The van der Waals surface area contributed by atoms with Gasteiger partial charge < -0.3 is 19.5 Å². The van der Waals surface area contributed by atoms with E-state index in [1.807, 2.05) is 12.1 Å². The van der Waals surface area contributed by atoms with E-state index in [0.29, 0.717) is 30.4 Å². The molecule has 2 aliphatic rings. The Balaban J connectivity index is 1.45. The van der Waals surface area contributed by atoms with Crippen molar-refractivity contribution in [3.63, 3.8) is 0 Å². The first-order chi connectivity index (χ1) is 12.2. The second-order valence-corrected chi connectivity index (χ2v) is 6.44. The van der Waals surface area contributed by atoms with E-state index in [9.17, 15) is 4.79 Å². The van der Waals surface area contributed by atoms with Gasteiger partial charge in [-0.05, 0) is 42.5 Å². The van der Waals surface area contributed by atoms with E-state index in [-0.39, 0.29) is 18.1 Å². The second-order valence-electron chi connectivity index (χ2n) is 6.44. The minimum Gasteiger partial charge on any atom is -0.496 e. The van der Waals surface area contributed by atoms with Gasteiger partial charge in [-0.3, -0.25) is 9.89 Å². The van der Waals surface area contributed by atoms with E-state index in [1.165, 1.54) is 0 Å². The summed E-state index contributed by atoms with van der Waals surface area (Å²) in [4.78, 5) is 12.7. The molecule has 4 rings (SSSR count). The van der Waals surface area contributed by atoms with Gasteiger partial charge in [0.2, 0.25) is 0 Å². The Morgan fingerprint density at radius 1 is 1.36 bits per heavy atom. The predicted octanol–water partition coefficient (Wildman–Crippen LogP) is 1.87. The van der Waals surface area contributed by atoms with Gasteiger partial charge in [0.15, 0.2) is 5.75 Å². The van der Waals surface area contributed by atoms with Crippen LogP contribution in [0.3, 0.4) is 0 Å². The summed E-state index contributed by atoms with van der Waals surface area (Å²) >= 11 is 0. The third-order valence-electron chi connectivity index (χ3n) is 4.61. The number of rotatable bonds is 6. The van der Waals surface area contributed by atoms with E-state index in [2.05, 4.69) is 15.5 Å². The van der Waals surface area contributed by atoms with Crippen LogP contribution in [-0.2, 0) is 4.74 Å². The van der Waals surface area contributed by atoms with Gasteiger partial charge >= 0.3 is 0 Å². The number of hydrogen-bond donors (Lipinski definition) is 2. The lowest BCUT2D eigenvalue weighted by Crippen LogP contribution is -2.45. The molecule has 0 unspecified atom stereocenters. The third-order valence-corrected chi connectivity index (χ3v) is 4.61. The molecule has 2 fully saturated rings. The topological polar surface area (TPSA) is 85.5 Å². The summed E-state index contributed by atoms with van der Waals surface area (Å²) in [6.07, 6.45) is 5.34. The number of nitrogens with one attached hydrogen (secondary N) is 2. The quantitative estimate of drug-likeness (QED) is 0.836. The minimum absolute atomic E-state index is 0.124. The van der Waals surface area contributed by atoms with Crippen molar-refractivity contribution in [1.29, 1.82) is 0 Å². The maximum absolute atomic E-state index is 12.7. The summed E-state index contributed by atoms with van der Waals surface area (Å²) in [6, 6.07) is 5.40. The number of ether oxygens (including phenoxy) is 3. The van der Waals surface area contributed by atoms with Crippen molar-refractivity contribution in [2.24, 2.45) is 0 Å². The van der Waals surface area contributed by atoms with Crippen LogP contribution in [0.25, 0.3) is 0 Å². The van der Waals surface area contributed by atoms with Gasteiger partial charge in [-0.15, -0.1) is 0 Å². The Bertz CT molecular complexity index is 743. The number of amides is 1. The van der Waals surface area contributed by atoms with Gasteiger partial charge in [-0.25, -0.2) is 0 Å². The molecule has 2 aromatic rings. The molecule has 0 bridgehead atoms. The number of aromatic nitrogens is 2. The van der Waals surface area contributed by atoms with Crippen LogP contribution in [0.5, 0.6) is 11.5 Å². The van der Waals surface area contributed by atoms with Crippen molar-refractivity contribution in [3.05, 3.63) is 41.7 Å². The molecule has 1 saturated heterocycles. The summed E-state index contributed by atoms with van der Waals surface area (Å²) in [5, 5.41) is 9.58. The predicted molar refractivity (Wildman–Crippen MR) is 90.0 cm³/mol. The van der Waals surface area contributed by atoms with Crippen LogP contribution < -0.4 is 14.8 Å². The van der Waals surface area contributed by atoms with Gasteiger partial charge in [0.05, 0.1) is 38.8 Å². The molecule has 2 N–H and O–H groups in total. The van der Waals surface area contributed by atoms with E-state index in [0.717, 1.165) is 24.2 Å². The molecule has 1 aliphatic heterocycles. The van der Waals surface area contributed by atoms with Gasteiger partial charge in [0.1, 0.15) is 11.9 Å². The van der Waals surface area contributed by atoms with Crippen molar-refractivity contribution in [2.45, 2.75) is 30.9 Å². The Hall–Kier alpha value is -2.54. The maximum atomic E-state index is 12.7. The van der Waals surface area contributed by atoms with E-state index in [1.54, 1.807) is 25.6 Å². The van der Waals surface area contributed by atoms with Crippen LogP contribution in [0.15, 0.2) is 30.6 Å². The summed E-state index contributed by atoms with van der Waals surface area (Å²) in [5.74, 6) is 1.87. The molecular formula is C18H21N3O4. The van der Waals surface area contributed by atoms with Crippen molar-refractivity contribution in [1.82, 2.24) is 15.5 Å². The lowest BCUT2D eigenvalue weighted by Gasteiger charge is -2.20. The highest BCUT2D eigenvalue weighted by Gasteiger charge is 2.32. The normalized spacial score (nSPS) is 22.6. The fraction of sp³-hybridized carbons (Fsp3) is 0.444. The van der Waals surface area contributed by atoms with Gasteiger partial charge in [0, 0.05) is 5.56 Å². The van der Waals surface area contributed by atoms with Gasteiger partial charge in [0.25, 0.3) is 5.91 Å². The molecule has 7 nitrogen and oxygen atoms in total. The highest BCUT2D eigenvalue weighted by atomic mass is 16.5. The average Bonchev–Trinajstić information content (AvgIpc) is 3.19. The van der Waals surface area contributed by atoms with Gasteiger partial charge in [-0.2, -0.15) is 5.10 Å². The smallest absolute Gasteiger partial charge is 0.251 e. The van der Waals surface area contributed by atoms with Crippen LogP contribution in [0.4, 0.5) is 0 Å². The molecule has 0 radical (unpaired) electrons. The number of methoxy groups -OCH3 is 1. The van der Waals surface area contributed by atoms with E-state index >= 15 is 0 Å². The first kappa shape index (κ1) is 16.0. The molecule has 1 aromatic heterocycles. The number of benzene rings is 1. The second kappa shape index (κ2) is 6.76. The summed E-state index contributed by atoms with van der Waals surface area (Å²) in [6.45, 7) is 0.867. The van der Waals surface area contributed by atoms with Crippen LogP contribution in [0, 0.1) is 0 Å². The lowest BCUT2D eigenvalue weighted by atomic mass is 10.0. The monoisotopic (exact) mass is 343 g/mol. The zero-order chi connectivity index (χ0) is 17.2. The summed E-state index contributed by atoms with van der Waals surface area (Å²) in [5.41, 5.74) is 1.75. The van der Waals surface area contributed by atoms with Crippen LogP contribution in [-0.4, -0.2) is 48.6 Å². The highest BCUT2D eigenvalue weighted by molar-refractivity contribution is 5.95. The molecule has 1 aliphatic carbocycles. The Morgan fingerprint density at radius 2 is 2.24 bits per heavy atom. The number of carbonyl (C=O) groups is 1. The number of hydrogen-bond acceptors (Lipinski definition) is 5. The molecule has 0 spiro atoms. The molecule has 2 heterocycles. The first-order valence-electron chi connectivity index (χ1n) is 8.46. The van der Waals surface area contributed by atoms with E-state index in [4.69, 9.17) is 14.2 Å². The van der Waals surface area contributed by atoms with Crippen molar-refractivity contribution in [2.75, 3.05) is 20.3 Å². The summed E-state index contributed by atoms with van der Waals surface area (Å²) in [7, 11) is 1.66. The molecule has 1 aromatic carbocycles. The van der Waals surface area contributed by atoms with Crippen LogP contribution in [0.2, 0.25) is 0 Å². The zero-order valence-corrected chi connectivity index (χ0v) is 14.0. The Labute approximate surface area is 145 Å². The third kappa shape index (κ3) is 3.46. The summed E-state index contributed by atoms with van der Waals surface area (Å²) < 4.78 is 16.7. The highest BCUT2D eigenvalue weighted by Crippen LogP contribution is 2.44. The van der Waals surface area contributed by atoms with Crippen molar-refractivity contribution < 1.29 is 19.0 Å². The SMILES string of the molecule is COc1ccc(C(=O)N[C@H]2COC[C@H]2Oc2cn[nH]c2)cc1C1CC1. The fourth-order valence-electron chi connectivity index (χ4n) is 3.10. The molecular weight excluding hydrogens is 322 g/mol. The molecule has 25 heavy (non-hydrogen) atoms. The lowest BCUT2D eigenvalue weighted by molar-refractivity contribution is 0.0904. The maximum Gasteiger partial charge on any atom is 0.251 e. The minimum atomic E-state index is -0.234. The van der Waals surface area contributed by atoms with E-state index < -0.39 is 0 Å². The molecule has 1 amide bonds. The number of aromatic amines is 1. The number of carbonyl (C=O) groups excluding carboxylic acids is 1. The van der Waals surface area contributed by atoms with Crippen molar-refractivity contribution in [3.8, 4) is 11.5 Å². The zero-order valence-electron chi connectivity index (χ0n) is 14.0. The molecule has 1 saturated carbocycles. The number of nitrogens with zero attached hydrogens (tertiary/aromatic N) is 1. The first-order valence-corrected chi connectivity index (χ1v) is 8.46. The Kier molecular flexibility index (Phi) is 4.31. The molecule has 132 valence electrons. The molecule has 2 atom stereocenters. The standard InChI is InChI=1S/C18H21N3O4/c1-23-16-5-4-12(6-14(16)11-2-3-11)18(22)21-15-9-24-10-17(15)25-13-7-19-20-8-13/h4-8,11,15,17H,2-3,9-10H2,1H3,(H,19,20)(H,21,22)/t15-,17+/m0/s1. The Morgan fingerprint density at radius 3 is 2.96 bits per heavy atom. The molecule has 7 heteroatoms. The van der Waals surface area contributed by atoms with Crippen molar-refractivity contribution >= 4 is 5.91 Å². The average molecular weight is 343 g/mol. The van der Waals surface area contributed by atoms with Gasteiger partial charge in [-0.1, -0.05) is 0 Å². The fourth-order valence-corrected chi connectivity index (χ4v) is 3.10. The van der Waals surface area contributed by atoms with Crippen LogP contribution >= 0.6 is 0 Å². The largest absolute Gasteiger partial charge is 0.496 e.